The zero-order valence-corrected chi connectivity index (χ0v) is 17.1. The number of nitrogens with zero attached hydrogens (tertiary/aromatic N) is 1. The number of ether oxygens (including phenoxy) is 3. The number of carbonyl (C=O) groups is 1. The van der Waals surface area contributed by atoms with Crippen molar-refractivity contribution < 1.29 is 27.8 Å². The monoisotopic (exact) mass is 420 g/mol. The number of carbonyl (C=O) groups excluding carboxylic acids is 1. The molecule has 1 fully saturated rings. The van der Waals surface area contributed by atoms with Crippen LogP contribution in [-0.4, -0.2) is 44.8 Å². The van der Waals surface area contributed by atoms with Crippen LogP contribution in [0.25, 0.3) is 0 Å². The van der Waals surface area contributed by atoms with Gasteiger partial charge in [-0.05, 0) is 48.6 Å². The second-order valence-corrected chi connectivity index (χ2v) is 7.19. The first kappa shape index (κ1) is 21.8. The minimum Gasteiger partial charge on any atom is -0.497 e. The number of methoxy groups -OCH3 is 2. The maximum Gasteiger partial charge on any atom is 0.322 e. The topological polar surface area (TPSA) is 60.0 Å². The molecule has 1 aliphatic rings. The number of amides is 2. The van der Waals surface area contributed by atoms with Gasteiger partial charge in [-0.15, -0.1) is 0 Å². The lowest BCUT2D eigenvalue weighted by Crippen LogP contribution is -2.42. The van der Waals surface area contributed by atoms with Gasteiger partial charge in [-0.3, -0.25) is 0 Å². The van der Waals surface area contributed by atoms with Gasteiger partial charge in [0, 0.05) is 25.8 Å². The molecule has 0 aromatic heterocycles. The van der Waals surface area contributed by atoms with Crippen LogP contribution >= 0.6 is 0 Å². The summed E-state index contributed by atoms with van der Waals surface area (Å²) in [6.45, 7) is 2.00. The minimum atomic E-state index is -0.791. The highest BCUT2D eigenvalue weighted by Gasteiger charge is 2.24. The summed E-state index contributed by atoms with van der Waals surface area (Å²) in [5.74, 6) is 0.144. The molecule has 0 aliphatic carbocycles. The summed E-state index contributed by atoms with van der Waals surface area (Å²) in [6.07, 6.45) is 1.52. The van der Waals surface area contributed by atoms with Crippen molar-refractivity contribution in [2.45, 2.75) is 19.4 Å². The molecular weight excluding hydrogens is 394 g/mol. The molecule has 2 aromatic rings. The Kier molecular flexibility index (Phi) is 7.46. The number of nitrogens with one attached hydrogen (secondary N) is 1. The fraction of sp³-hybridized carbons (Fsp3) is 0.409. The van der Waals surface area contributed by atoms with Crippen LogP contribution < -0.4 is 14.8 Å². The van der Waals surface area contributed by atoms with E-state index in [2.05, 4.69) is 5.32 Å². The van der Waals surface area contributed by atoms with Gasteiger partial charge in [0.15, 0.2) is 0 Å². The predicted octanol–water partition coefficient (Wildman–Crippen LogP) is 4.44. The molecule has 1 aliphatic heterocycles. The fourth-order valence-electron chi connectivity index (χ4n) is 3.40. The van der Waals surface area contributed by atoms with E-state index >= 15 is 0 Å². The first-order valence-corrected chi connectivity index (χ1v) is 9.79. The van der Waals surface area contributed by atoms with Crippen LogP contribution in [0.4, 0.5) is 19.3 Å². The Hall–Kier alpha value is -2.87. The van der Waals surface area contributed by atoms with E-state index in [9.17, 15) is 13.6 Å². The summed E-state index contributed by atoms with van der Waals surface area (Å²) in [6, 6.07) is 8.58. The van der Waals surface area contributed by atoms with E-state index in [1.807, 2.05) is 12.1 Å². The van der Waals surface area contributed by atoms with Gasteiger partial charge in [0.2, 0.25) is 0 Å². The molecule has 1 saturated heterocycles. The number of hydrogen-bond acceptors (Lipinski definition) is 4. The quantitative estimate of drug-likeness (QED) is 0.719. The van der Waals surface area contributed by atoms with Crippen molar-refractivity contribution in [2.24, 2.45) is 5.92 Å². The third-order valence-electron chi connectivity index (χ3n) is 5.13. The number of piperidine rings is 1. The van der Waals surface area contributed by atoms with Crippen LogP contribution in [0.5, 0.6) is 11.5 Å². The summed E-state index contributed by atoms with van der Waals surface area (Å²) in [4.78, 5) is 13.9. The van der Waals surface area contributed by atoms with E-state index in [0.717, 1.165) is 30.5 Å². The number of halogens is 2. The molecule has 162 valence electrons. The number of hydrogen-bond donors (Lipinski definition) is 1. The molecule has 2 amide bonds. The van der Waals surface area contributed by atoms with E-state index < -0.39 is 23.4 Å². The maximum atomic E-state index is 13.7. The molecule has 1 heterocycles. The fourth-order valence-corrected chi connectivity index (χ4v) is 3.40. The second kappa shape index (κ2) is 10.2. The lowest BCUT2D eigenvalue weighted by Gasteiger charge is -2.32. The van der Waals surface area contributed by atoms with Crippen LogP contribution in [0.15, 0.2) is 36.4 Å². The Morgan fingerprint density at radius 3 is 2.23 bits per heavy atom. The van der Waals surface area contributed by atoms with Gasteiger partial charge in [-0.25, -0.2) is 13.6 Å². The molecule has 0 saturated carbocycles. The molecule has 0 radical (unpaired) electrons. The van der Waals surface area contributed by atoms with E-state index in [0.29, 0.717) is 43.7 Å². The zero-order valence-electron chi connectivity index (χ0n) is 17.1. The molecule has 0 unspecified atom stereocenters. The van der Waals surface area contributed by atoms with Crippen LogP contribution in [0.1, 0.15) is 18.4 Å². The van der Waals surface area contributed by atoms with Crippen LogP contribution in [-0.2, 0) is 11.3 Å². The number of rotatable bonds is 7. The SMILES string of the molecule is COc1cc(COCC2CCN(C(=O)Nc3c(F)cccc3F)CC2)cc(OC)c1. The van der Waals surface area contributed by atoms with Crippen molar-refractivity contribution in [1.29, 1.82) is 0 Å². The van der Waals surface area contributed by atoms with Crippen LogP contribution in [0.3, 0.4) is 0 Å². The highest BCUT2D eigenvalue weighted by atomic mass is 19.1. The van der Waals surface area contributed by atoms with Crippen molar-refractivity contribution in [3.63, 3.8) is 0 Å². The van der Waals surface area contributed by atoms with Crippen molar-refractivity contribution in [2.75, 3.05) is 39.2 Å². The highest BCUT2D eigenvalue weighted by Crippen LogP contribution is 2.24. The molecule has 0 bridgehead atoms. The van der Waals surface area contributed by atoms with Crippen molar-refractivity contribution in [3.8, 4) is 11.5 Å². The summed E-state index contributed by atoms with van der Waals surface area (Å²) < 4.78 is 43.8. The Balaban J connectivity index is 1.44. The molecule has 30 heavy (non-hydrogen) atoms. The number of anilines is 1. The van der Waals surface area contributed by atoms with Crippen LogP contribution in [0, 0.1) is 17.6 Å². The van der Waals surface area contributed by atoms with E-state index in [4.69, 9.17) is 14.2 Å². The van der Waals surface area contributed by atoms with Gasteiger partial charge in [0.25, 0.3) is 0 Å². The first-order valence-electron chi connectivity index (χ1n) is 9.79. The first-order chi connectivity index (χ1) is 14.5. The molecule has 6 nitrogen and oxygen atoms in total. The third-order valence-corrected chi connectivity index (χ3v) is 5.13. The van der Waals surface area contributed by atoms with Crippen molar-refractivity contribution in [1.82, 2.24) is 4.90 Å². The maximum absolute atomic E-state index is 13.7. The Morgan fingerprint density at radius 2 is 1.67 bits per heavy atom. The Bertz CT molecular complexity index is 828. The lowest BCUT2D eigenvalue weighted by molar-refractivity contribution is 0.0639. The third kappa shape index (κ3) is 5.60. The molecule has 2 aromatic carbocycles. The van der Waals surface area contributed by atoms with E-state index in [1.54, 1.807) is 25.2 Å². The minimum absolute atomic E-state index is 0.312. The molecule has 0 atom stereocenters. The van der Waals surface area contributed by atoms with Gasteiger partial charge in [0.05, 0.1) is 20.8 Å². The van der Waals surface area contributed by atoms with E-state index in [-0.39, 0.29) is 0 Å². The number of urea groups is 1. The smallest absolute Gasteiger partial charge is 0.322 e. The largest absolute Gasteiger partial charge is 0.497 e. The normalized spacial score (nSPS) is 14.5. The molecule has 3 rings (SSSR count). The van der Waals surface area contributed by atoms with Gasteiger partial charge >= 0.3 is 6.03 Å². The second-order valence-electron chi connectivity index (χ2n) is 7.19. The number of para-hydroxylation sites is 1. The lowest BCUT2D eigenvalue weighted by atomic mass is 9.98. The van der Waals surface area contributed by atoms with Crippen molar-refractivity contribution >= 4 is 11.7 Å². The van der Waals surface area contributed by atoms with E-state index in [1.165, 1.54) is 6.07 Å². The summed E-state index contributed by atoms with van der Waals surface area (Å²) in [7, 11) is 3.20. The van der Waals surface area contributed by atoms with Crippen molar-refractivity contribution in [3.05, 3.63) is 53.6 Å². The average molecular weight is 420 g/mol. The number of benzene rings is 2. The predicted molar refractivity (Wildman–Crippen MR) is 109 cm³/mol. The average Bonchev–Trinajstić information content (AvgIpc) is 2.76. The Morgan fingerprint density at radius 1 is 1.07 bits per heavy atom. The Labute approximate surface area is 174 Å². The summed E-state index contributed by atoms with van der Waals surface area (Å²) in [5.41, 5.74) is 0.539. The summed E-state index contributed by atoms with van der Waals surface area (Å²) >= 11 is 0. The summed E-state index contributed by atoms with van der Waals surface area (Å²) in [5, 5.41) is 2.33. The molecule has 1 N–H and O–H groups in total. The zero-order chi connectivity index (χ0) is 21.5. The molecule has 8 heteroatoms. The standard InChI is InChI=1S/C22H26F2N2O4/c1-28-17-10-16(11-18(12-17)29-2)14-30-13-15-6-8-26(9-7-15)22(27)25-21-19(23)4-3-5-20(21)24/h3-5,10-12,15H,6-9,13-14H2,1-2H3,(H,25,27). The van der Waals surface area contributed by atoms with Gasteiger partial charge in [-0.1, -0.05) is 6.07 Å². The highest BCUT2D eigenvalue weighted by molar-refractivity contribution is 5.89. The van der Waals surface area contributed by atoms with Gasteiger partial charge in [0.1, 0.15) is 28.8 Å². The van der Waals surface area contributed by atoms with Gasteiger partial charge in [-0.2, -0.15) is 0 Å². The van der Waals surface area contributed by atoms with Crippen LogP contribution in [0.2, 0.25) is 0 Å². The molecule has 0 spiro atoms. The molecular formula is C22H26F2N2O4. The van der Waals surface area contributed by atoms with Gasteiger partial charge < -0.3 is 24.4 Å². The number of likely N-dealkylation sites (tertiary alicyclic amines) is 1.